The molecule has 0 bridgehead atoms. The molecular weight excluding hydrogens is 289 g/mol. The number of hydrogen-bond donors (Lipinski definition) is 0. The van der Waals surface area contributed by atoms with Gasteiger partial charge in [-0.25, -0.2) is 4.98 Å². The van der Waals surface area contributed by atoms with Gasteiger partial charge in [-0.15, -0.1) is 11.6 Å². The highest BCUT2D eigenvalue weighted by molar-refractivity contribution is 9.10. The van der Waals surface area contributed by atoms with Crippen LogP contribution >= 0.6 is 27.5 Å². The van der Waals surface area contributed by atoms with Crippen molar-refractivity contribution >= 4 is 27.5 Å². The quantitative estimate of drug-likeness (QED) is 0.545. The monoisotopic (exact) mass is 305 g/mol. The van der Waals surface area contributed by atoms with E-state index in [1.165, 1.54) is 19.3 Å². The van der Waals surface area contributed by atoms with Crippen molar-refractivity contribution in [3.8, 4) is 5.88 Å². The molecule has 0 fully saturated rings. The van der Waals surface area contributed by atoms with Gasteiger partial charge in [0.2, 0.25) is 5.88 Å². The molecule has 0 N–H and O–H groups in total. The minimum atomic E-state index is 0.427. The van der Waals surface area contributed by atoms with Gasteiger partial charge in [-0.2, -0.15) is 0 Å². The molecule has 0 aliphatic rings. The van der Waals surface area contributed by atoms with Crippen LogP contribution in [-0.2, 0) is 5.88 Å². The molecule has 0 amide bonds. The minimum Gasteiger partial charge on any atom is -0.477 e. The maximum atomic E-state index is 5.83. The van der Waals surface area contributed by atoms with Crippen molar-refractivity contribution in [2.45, 2.75) is 38.5 Å². The zero-order chi connectivity index (χ0) is 11.8. The van der Waals surface area contributed by atoms with Crippen molar-refractivity contribution in [2.75, 3.05) is 6.61 Å². The second kappa shape index (κ2) is 7.91. The summed E-state index contributed by atoms with van der Waals surface area (Å²) < 4.78 is 6.55. The molecule has 0 aliphatic heterocycles. The number of hydrogen-bond acceptors (Lipinski definition) is 2. The van der Waals surface area contributed by atoms with Crippen LogP contribution in [-0.4, -0.2) is 11.6 Å². The van der Waals surface area contributed by atoms with Crippen LogP contribution in [0.15, 0.2) is 16.7 Å². The molecule has 1 aromatic heterocycles. The van der Waals surface area contributed by atoms with Gasteiger partial charge >= 0.3 is 0 Å². The topological polar surface area (TPSA) is 22.1 Å². The van der Waals surface area contributed by atoms with E-state index in [0.717, 1.165) is 23.1 Å². The zero-order valence-electron chi connectivity index (χ0n) is 9.51. The smallest absolute Gasteiger partial charge is 0.217 e. The summed E-state index contributed by atoms with van der Waals surface area (Å²) in [5, 5.41) is 0. The number of ether oxygens (including phenoxy) is 1. The minimum absolute atomic E-state index is 0.427. The largest absolute Gasteiger partial charge is 0.477 e. The van der Waals surface area contributed by atoms with Crippen molar-refractivity contribution in [2.24, 2.45) is 0 Å². The first kappa shape index (κ1) is 13.8. The molecule has 1 heterocycles. The van der Waals surface area contributed by atoms with Crippen LogP contribution in [0.1, 0.15) is 38.2 Å². The lowest BCUT2D eigenvalue weighted by Gasteiger charge is -2.08. The Morgan fingerprint density at radius 2 is 2.19 bits per heavy atom. The van der Waals surface area contributed by atoms with Crippen LogP contribution in [0.5, 0.6) is 5.88 Å². The molecule has 1 rings (SSSR count). The Morgan fingerprint density at radius 1 is 1.38 bits per heavy atom. The summed E-state index contributed by atoms with van der Waals surface area (Å²) in [5.41, 5.74) is 0.937. The maximum Gasteiger partial charge on any atom is 0.217 e. The lowest BCUT2D eigenvalue weighted by Crippen LogP contribution is -2.01. The van der Waals surface area contributed by atoms with Crippen molar-refractivity contribution in [1.82, 2.24) is 4.98 Å². The van der Waals surface area contributed by atoms with Gasteiger partial charge in [0, 0.05) is 16.2 Å². The molecule has 0 saturated carbocycles. The summed E-state index contributed by atoms with van der Waals surface area (Å²) in [5.74, 6) is 1.09. The highest BCUT2D eigenvalue weighted by atomic mass is 79.9. The van der Waals surface area contributed by atoms with Crippen LogP contribution in [0.4, 0.5) is 0 Å². The number of alkyl halides is 1. The van der Waals surface area contributed by atoms with E-state index in [0.29, 0.717) is 11.8 Å². The number of halogens is 2. The molecule has 0 aromatic carbocycles. The molecule has 1 aromatic rings. The Morgan fingerprint density at radius 3 is 2.88 bits per heavy atom. The summed E-state index contributed by atoms with van der Waals surface area (Å²) in [4.78, 5) is 4.21. The average molecular weight is 307 g/mol. The zero-order valence-corrected chi connectivity index (χ0v) is 11.9. The second-order valence-electron chi connectivity index (χ2n) is 3.66. The molecule has 0 spiro atoms. The summed E-state index contributed by atoms with van der Waals surface area (Å²) in [6, 6.07) is 1.95. The van der Waals surface area contributed by atoms with Crippen molar-refractivity contribution in [3.05, 3.63) is 22.3 Å². The van der Waals surface area contributed by atoms with Crippen molar-refractivity contribution in [1.29, 1.82) is 0 Å². The van der Waals surface area contributed by atoms with E-state index in [1.807, 2.05) is 6.07 Å². The molecule has 0 saturated heterocycles. The Hall–Kier alpha value is -0.280. The summed E-state index contributed by atoms with van der Waals surface area (Å²) in [6.45, 7) is 2.92. The fourth-order valence-electron chi connectivity index (χ4n) is 1.39. The van der Waals surface area contributed by atoms with Gasteiger partial charge in [0.05, 0.1) is 12.5 Å². The first-order valence-electron chi connectivity index (χ1n) is 5.61. The van der Waals surface area contributed by atoms with Crippen LogP contribution in [0.25, 0.3) is 0 Å². The highest BCUT2D eigenvalue weighted by Crippen LogP contribution is 2.21. The van der Waals surface area contributed by atoms with E-state index in [9.17, 15) is 0 Å². The Labute approximate surface area is 110 Å². The van der Waals surface area contributed by atoms with E-state index in [-0.39, 0.29) is 0 Å². The van der Waals surface area contributed by atoms with Crippen molar-refractivity contribution < 1.29 is 4.74 Å². The van der Waals surface area contributed by atoms with E-state index < -0.39 is 0 Å². The molecule has 0 unspecified atom stereocenters. The first-order chi connectivity index (χ1) is 7.77. The van der Waals surface area contributed by atoms with Gasteiger partial charge in [-0.1, -0.05) is 26.2 Å². The number of rotatable bonds is 7. The Balaban J connectivity index is 2.41. The van der Waals surface area contributed by atoms with E-state index in [4.69, 9.17) is 16.3 Å². The molecule has 90 valence electrons. The van der Waals surface area contributed by atoms with Crippen molar-refractivity contribution in [3.63, 3.8) is 0 Å². The predicted octanol–water partition coefficient (Wildman–Crippen LogP) is 4.54. The van der Waals surface area contributed by atoms with Gasteiger partial charge in [0.1, 0.15) is 0 Å². The molecule has 0 atom stereocenters. The van der Waals surface area contributed by atoms with Crippen LogP contribution in [0.3, 0.4) is 0 Å². The molecule has 4 heteroatoms. The second-order valence-corrected chi connectivity index (χ2v) is 4.84. The normalized spacial score (nSPS) is 10.4. The third-order valence-corrected chi connectivity index (χ3v) is 2.99. The summed E-state index contributed by atoms with van der Waals surface area (Å²) >= 11 is 9.19. The van der Waals surface area contributed by atoms with Gasteiger partial charge < -0.3 is 4.74 Å². The standard InChI is InChI=1S/C12H17BrClNO/c1-2-3-4-5-6-16-12-10(8-14)7-11(13)9-15-12/h7,9H,2-6,8H2,1H3. The van der Waals surface area contributed by atoms with Gasteiger partial charge in [-0.05, 0) is 28.4 Å². The summed E-state index contributed by atoms with van der Waals surface area (Å²) in [6.07, 6.45) is 6.52. The van der Waals surface area contributed by atoms with E-state index in [2.05, 4.69) is 27.8 Å². The molecule has 0 radical (unpaired) electrons. The number of pyridine rings is 1. The Kier molecular flexibility index (Phi) is 6.81. The molecule has 16 heavy (non-hydrogen) atoms. The molecular formula is C12H17BrClNO. The molecule has 0 aliphatic carbocycles. The molecule has 2 nitrogen and oxygen atoms in total. The lowest BCUT2D eigenvalue weighted by molar-refractivity contribution is 0.291. The number of unbranched alkanes of at least 4 members (excludes halogenated alkanes) is 3. The third kappa shape index (κ3) is 4.71. The van der Waals surface area contributed by atoms with Gasteiger partial charge in [-0.3, -0.25) is 0 Å². The average Bonchev–Trinajstić information content (AvgIpc) is 2.30. The fraction of sp³-hybridized carbons (Fsp3) is 0.583. The number of nitrogens with zero attached hydrogens (tertiary/aromatic N) is 1. The summed E-state index contributed by atoms with van der Waals surface area (Å²) in [7, 11) is 0. The fourth-order valence-corrected chi connectivity index (χ4v) is 1.96. The highest BCUT2D eigenvalue weighted by Gasteiger charge is 2.04. The predicted molar refractivity (Wildman–Crippen MR) is 71.1 cm³/mol. The lowest BCUT2D eigenvalue weighted by atomic mass is 10.2. The van der Waals surface area contributed by atoms with Crippen LogP contribution < -0.4 is 4.74 Å². The third-order valence-electron chi connectivity index (χ3n) is 2.27. The van der Waals surface area contributed by atoms with Crippen LogP contribution in [0, 0.1) is 0 Å². The first-order valence-corrected chi connectivity index (χ1v) is 6.94. The van der Waals surface area contributed by atoms with Gasteiger partial charge in [0.15, 0.2) is 0 Å². The van der Waals surface area contributed by atoms with E-state index in [1.54, 1.807) is 6.20 Å². The SMILES string of the molecule is CCCCCCOc1ncc(Br)cc1CCl. The van der Waals surface area contributed by atoms with Gasteiger partial charge in [0.25, 0.3) is 0 Å². The van der Waals surface area contributed by atoms with E-state index >= 15 is 0 Å². The number of aromatic nitrogens is 1. The Bertz CT molecular complexity index is 320. The van der Waals surface area contributed by atoms with Crippen LogP contribution in [0.2, 0.25) is 0 Å². The maximum absolute atomic E-state index is 5.83.